The first-order valence-corrected chi connectivity index (χ1v) is 12.1. The van der Waals surface area contributed by atoms with Crippen molar-refractivity contribution in [2.45, 2.75) is 32.4 Å². The molecular formula is C25H29ClN6O2. The first kappa shape index (κ1) is 22.8. The van der Waals surface area contributed by atoms with Gasteiger partial charge in [-0.3, -0.25) is 0 Å². The van der Waals surface area contributed by atoms with Gasteiger partial charge in [0.15, 0.2) is 5.15 Å². The molecular weight excluding hydrogens is 452 g/mol. The number of imidazole rings is 1. The van der Waals surface area contributed by atoms with Gasteiger partial charge in [0.05, 0.1) is 17.6 Å². The third-order valence-electron chi connectivity index (χ3n) is 6.47. The van der Waals surface area contributed by atoms with Crippen LogP contribution in [-0.4, -0.2) is 55.9 Å². The summed E-state index contributed by atoms with van der Waals surface area (Å²) in [4.78, 5) is 7.46. The number of piperidine rings is 1. The second-order valence-corrected chi connectivity index (χ2v) is 9.17. The Hall–Kier alpha value is -2.94. The standard InChI is InChI=1S/C25H29ClN6O2/c26-23-7-8-24(30-29-23)27-11-14-31-12-9-18(10-13-31)15-25-28-21-3-1-2-4-22(21)32(25)16-19-5-6-20(17-33)34-19/h1-8,18,33H,9-17H2,(H,27,30). The van der Waals surface area contributed by atoms with Crippen molar-refractivity contribution in [1.82, 2.24) is 24.6 Å². The van der Waals surface area contributed by atoms with E-state index < -0.39 is 0 Å². The molecule has 1 fully saturated rings. The lowest BCUT2D eigenvalue weighted by Crippen LogP contribution is -2.37. The third kappa shape index (κ3) is 5.41. The number of anilines is 1. The minimum absolute atomic E-state index is 0.0846. The van der Waals surface area contributed by atoms with Crippen LogP contribution in [0.2, 0.25) is 5.15 Å². The summed E-state index contributed by atoms with van der Waals surface area (Å²) < 4.78 is 8.03. The summed E-state index contributed by atoms with van der Waals surface area (Å²) in [6.45, 7) is 4.50. The lowest BCUT2D eigenvalue weighted by Gasteiger charge is -2.32. The van der Waals surface area contributed by atoms with Crippen molar-refractivity contribution in [2.24, 2.45) is 5.92 Å². The number of para-hydroxylation sites is 2. The number of aliphatic hydroxyl groups is 1. The average molecular weight is 481 g/mol. The molecule has 0 spiro atoms. The molecule has 5 rings (SSSR count). The molecule has 1 aliphatic rings. The number of furan rings is 1. The van der Waals surface area contributed by atoms with Crippen molar-refractivity contribution in [2.75, 3.05) is 31.5 Å². The predicted octanol–water partition coefficient (Wildman–Crippen LogP) is 3.98. The minimum Gasteiger partial charge on any atom is -0.462 e. The van der Waals surface area contributed by atoms with E-state index in [2.05, 4.69) is 37.1 Å². The second kappa shape index (κ2) is 10.5. The van der Waals surface area contributed by atoms with E-state index in [1.54, 1.807) is 6.07 Å². The lowest BCUT2D eigenvalue weighted by molar-refractivity contribution is 0.188. The normalized spacial score (nSPS) is 15.2. The SMILES string of the molecule is OCc1ccc(Cn2c(CC3CCN(CCNc4ccc(Cl)nn4)CC3)nc3ccccc32)o1. The lowest BCUT2D eigenvalue weighted by atomic mass is 9.93. The Bertz CT molecular complexity index is 1210. The summed E-state index contributed by atoms with van der Waals surface area (Å²) in [5.74, 6) is 3.88. The van der Waals surface area contributed by atoms with E-state index in [1.807, 2.05) is 30.3 Å². The molecule has 0 unspecified atom stereocenters. The highest BCUT2D eigenvalue weighted by Gasteiger charge is 2.22. The van der Waals surface area contributed by atoms with Crippen LogP contribution in [0.4, 0.5) is 5.82 Å². The maximum absolute atomic E-state index is 9.33. The van der Waals surface area contributed by atoms with Crippen molar-refractivity contribution in [3.05, 3.63) is 71.0 Å². The summed E-state index contributed by atoms with van der Waals surface area (Å²) in [6.07, 6.45) is 3.26. The molecule has 9 heteroatoms. The van der Waals surface area contributed by atoms with Gasteiger partial charge in [-0.05, 0) is 68.2 Å². The second-order valence-electron chi connectivity index (χ2n) is 8.79. The molecule has 0 atom stereocenters. The highest BCUT2D eigenvalue weighted by molar-refractivity contribution is 6.29. The van der Waals surface area contributed by atoms with Gasteiger partial charge in [0.1, 0.15) is 29.8 Å². The Labute approximate surface area is 203 Å². The van der Waals surface area contributed by atoms with Crippen LogP contribution in [-0.2, 0) is 19.6 Å². The van der Waals surface area contributed by atoms with E-state index in [1.165, 1.54) is 0 Å². The van der Waals surface area contributed by atoms with E-state index in [0.717, 1.165) is 73.9 Å². The molecule has 4 aromatic rings. The zero-order valence-electron chi connectivity index (χ0n) is 19.0. The van der Waals surface area contributed by atoms with Gasteiger partial charge in [0.25, 0.3) is 0 Å². The van der Waals surface area contributed by atoms with Gasteiger partial charge in [-0.2, -0.15) is 0 Å². The largest absolute Gasteiger partial charge is 0.462 e. The van der Waals surface area contributed by atoms with Crippen LogP contribution in [0.25, 0.3) is 11.0 Å². The number of rotatable bonds is 9. The summed E-state index contributed by atoms with van der Waals surface area (Å²) in [6, 6.07) is 15.6. The van der Waals surface area contributed by atoms with Crippen molar-refractivity contribution in [3.63, 3.8) is 0 Å². The van der Waals surface area contributed by atoms with E-state index in [0.29, 0.717) is 23.4 Å². The summed E-state index contributed by atoms with van der Waals surface area (Å²) >= 11 is 5.79. The van der Waals surface area contributed by atoms with Crippen LogP contribution in [0.5, 0.6) is 0 Å². The zero-order chi connectivity index (χ0) is 23.3. The molecule has 0 radical (unpaired) electrons. The fourth-order valence-corrected chi connectivity index (χ4v) is 4.73. The van der Waals surface area contributed by atoms with E-state index in [-0.39, 0.29) is 6.61 Å². The number of halogens is 1. The molecule has 178 valence electrons. The van der Waals surface area contributed by atoms with Crippen LogP contribution in [0.15, 0.2) is 52.9 Å². The van der Waals surface area contributed by atoms with Crippen molar-refractivity contribution in [3.8, 4) is 0 Å². The van der Waals surface area contributed by atoms with Crippen LogP contribution in [0, 0.1) is 5.92 Å². The van der Waals surface area contributed by atoms with Gasteiger partial charge in [-0.15, -0.1) is 10.2 Å². The van der Waals surface area contributed by atoms with E-state index in [9.17, 15) is 5.11 Å². The first-order chi connectivity index (χ1) is 16.7. The fourth-order valence-electron chi connectivity index (χ4n) is 4.63. The topological polar surface area (TPSA) is 92.2 Å². The molecule has 1 saturated heterocycles. The number of nitrogens with zero attached hydrogens (tertiary/aromatic N) is 5. The quantitative estimate of drug-likeness (QED) is 0.374. The Kier molecular flexibility index (Phi) is 7.08. The van der Waals surface area contributed by atoms with Crippen molar-refractivity contribution >= 4 is 28.5 Å². The summed E-state index contributed by atoms with van der Waals surface area (Å²) in [5.41, 5.74) is 2.13. The van der Waals surface area contributed by atoms with Gasteiger partial charge in [-0.25, -0.2) is 4.98 Å². The molecule has 0 saturated carbocycles. The number of likely N-dealkylation sites (tertiary alicyclic amines) is 1. The number of aliphatic hydroxyl groups excluding tert-OH is 1. The van der Waals surface area contributed by atoms with Gasteiger partial charge in [0, 0.05) is 19.5 Å². The molecule has 4 heterocycles. The number of benzene rings is 1. The smallest absolute Gasteiger partial charge is 0.151 e. The maximum Gasteiger partial charge on any atom is 0.151 e. The monoisotopic (exact) mass is 480 g/mol. The molecule has 0 amide bonds. The van der Waals surface area contributed by atoms with Gasteiger partial charge < -0.3 is 24.3 Å². The van der Waals surface area contributed by atoms with Gasteiger partial charge in [0.2, 0.25) is 0 Å². The van der Waals surface area contributed by atoms with Crippen molar-refractivity contribution in [1.29, 1.82) is 0 Å². The molecule has 0 aliphatic carbocycles. The van der Waals surface area contributed by atoms with Crippen LogP contribution in [0.3, 0.4) is 0 Å². The van der Waals surface area contributed by atoms with Crippen LogP contribution < -0.4 is 5.32 Å². The average Bonchev–Trinajstić information content (AvgIpc) is 3.46. The zero-order valence-corrected chi connectivity index (χ0v) is 19.8. The first-order valence-electron chi connectivity index (χ1n) is 11.8. The molecule has 0 bridgehead atoms. The Balaban J connectivity index is 1.18. The molecule has 8 nitrogen and oxygen atoms in total. The van der Waals surface area contributed by atoms with Crippen LogP contribution >= 0.6 is 11.6 Å². The van der Waals surface area contributed by atoms with Gasteiger partial charge >= 0.3 is 0 Å². The maximum atomic E-state index is 9.33. The summed E-state index contributed by atoms with van der Waals surface area (Å²) in [7, 11) is 0. The van der Waals surface area contributed by atoms with E-state index in [4.69, 9.17) is 21.0 Å². The van der Waals surface area contributed by atoms with Crippen LogP contribution in [0.1, 0.15) is 30.2 Å². The number of aromatic nitrogens is 4. The summed E-state index contributed by atoms with van der Waals surface area (Å²) in [5, 5.41) is 20.9. The Morgan fingerprint density at radius 2 is 1.85 bits per heavy atom. The molecule has 2 N–H and O–H groups in total. The van der Waals surface area contributed by atoms with E-state index >= 15 is 0 Å². The number of nitrogens with one attached hydrogen (secondary N) is 1. The third-order valence-corrected chi connectivity index (χ3v) is 6.67. The molecule has 3 aromatic heterocycles. The highest BCUT2D eigenvalue weighted by Crippen LogP contribution is 2.25. The molecule has 34 heavy (non-hydrogen) atoms. The minimum atomic E-state index is -0.0846. The number of hydrogen-bond acceptors (Lipinski definition) is 7. The molecule has 1 aromatic carbocycles. The van der Waals surface area contributed by atoms with Gasteiger partial charge in [-0.1, -0.05) is 23.7 Å². The molecule has 1 aliphatic heterocycles. The fraction of sp³-hybridized carbons (Fsp3) is 0.400. The number of fused-ring (bicyclic) bond motifs is 1. The highest BCUT2D eigenvalue weighted by atomic mass is 35.5. The Morgan fingerprint density at radius 3 is 2.62 bits per heavy atom. The predicted molar refractivity (Wildman–Crippen MR) is 132 cm³/mol. The number of hydrogen-bond donors (Lipinski definition) is 2. The van der Waals surface area contributed by atoms with Crippen molar-refractivity contribution < 1.29 is 9.52 Å². The Morgan fingerprint density at radius 1 is 1.03 bits per heavy atom.